The molecule has 8 heteroatoms. The van der Waals surface area contributed by atoms with Crippen LogP contribution in [0.25, 0.3) is 0 Å². The zero-order valence-electron chi connectivity index (χ0n) is 21.8. The van der Waals surface area contributed by atoms with Crippen LogP contribution in [-0.4, -0.2) is 64.7 Å². The van der Waals surface area contributed by atoms with Gasteiger partial charge in [-0.3, -0.25) is 4.79 Å². The minimum atomic E-state index is -1.60. The van der Waals surface area contributed by atoms with Gasteiger partial charge in [-0.1, -0.05) is 104 Å². The van der Waals surface area contributed by atoms with E-state index in [1.165, 1.54) is 64.2 Å². The van der Waals surface area contributed by atoms with Crippen molar-refractivity contribution in [3.63, 3.8) is 0 Å². The highest BCUT2D eigenvalue weighted by molar-refractivity contribution is 5.87. The number of carbonyl (C=O) groups is 2. The van der Waals surface area contributed by atoms with Crippen molar-refractivity contribution in [2.45, 2.75) is 135 Å². The van der Waals surface area contributed by atoms with Crippen LogP contribution in [0.4, 0.5) is 0 Å². The number of amides is 1. The Balaban J connectivity index is 3.90. The molecular weight excluding hydrogens is 436 g/mol. The third kappa shape index (κ3) is 16.4. The van der Waals surface area contributed by atoms with Gasteiger partial charge in [0, 0.05) is 0 Å². The standard InChI is InChI=1S/C26H52N2O6/c1-4-5-6-7-8-9-10-11-12-13-14-15-16-17-22(30)21(27)19-34-26(33)24(20(2)3)28-25(32)23(31)18-29/h20-24,29-31H,4-19,27H2,1-3H3,(H,28,32). The van der Waals surface area contributed by atoms with Crippen molar-refractivity contribution in [1.29, 1.82) is 0 Å². The summed E-state index contributed by atoms with van der Waals surface area (Å²) in [4.78, 5) is 24.1. The summed E-state index contributed by atoms with van der Waals surface area (Å²) >= 11 is 0. The summed E-state index contributed by atoms with van der Waals surface area (Å²) in [5.74, 6) is -1.81. The van der Waals surface area contributed by atoms with E-state index in [9.17, 15) is 19.8 Å². The van der Waals surface area contributed by atoms with Gasteiger partial charge in [0.2, 0.25) is 0 Å². The van der Waals surface area contributed by atoms with Crippen LogP contribution in [0.15, 0.2) is 0 Å². The first-order chi connectivity index (χ1) is 16.2. The van der Waals surface area contributed by atoms with E-state index >= 15 is 0 Å². The predicted molar refractivity (Wildman–Crippen MR) is 135 cm³/mol. The van der Waals surface area contributed by atoms with Gasteiger partial charge in [0.1, 0.15) is 12.6 Å². The molecule has 4 atom stereocenters. The average Bonchev–Trinajstić information content (AvgIpc) is 2.82. The lowest BCUT2D eigenvalue weighted by Crippen LogP contribution is -2.50. The van der Waals surface area contributed by atoms with E-state index in [1.807, 2.05) is 0 Å². The molecule has 0 aromatic carbocycles. The number of hydrogen-bond donors (Lipinski definition) is 5. The highest BCUT2D eigenvalue weighted by Gasteiger charge is 2.29. The third-order valence-corrected chi connectivity index (χ3v) is 6.21. The number of nitrogens with two attached hydrogens (primary N) is 1. The second-order valence-corrected chi connectivity index (χ2v) is 9.82. The van der Waals surface area contributed by atoms with Crippen LogP contribution < -0.4 is 11.1 Å². The van der Waals surface area contributed by atoms with Gasteiger partial charge in [0.05, 0.1) is 18.8 Å². The molecule has 0 saturated heterocycles. The molecule has 0 rings (SSSR count). The quantitative estimate of drug-likeness (QED) is 0.116. The van der Waals surface area contributed by atoms with Crippen LogP contribution >= 0.6 is 0 Å². The Morgan fingerprint density at radius 1 is 0.853 bits per heavy atom. The topological polar surface area (TPSA) is 142 Å². The molecule has 0 aromatic rings. The summed E-state index contributed by atoms with van der Waals surface area (Å²) in [6.07, 6.45) is 14.6. The molecule has 0 heterocycles. The minimum absolute atomic E-state index is 0.153. The number of ether oxygens (including phenoxy) is 1. The van der Waals surface area contributed by atoms with Gasteiger partial charge in [-0.15, -0.1) is 0 Å². The highest BCUT2D eigenvalue weighted by Crippen LogP contribution is 2.14. The fraction of sp³-hybridized carbons (Fsp3) is 0.923. The Bertz CT molecular complexity index is 518. The van der Waals surface area contributed by atoms with Gasteiger partial charge in [0.25, 0.3) is 5.91 Å². The zero-order chi connectivity index (χ0) is 25.8. The van der Waals surface area contributed by atoms with Gasteiger partial charge in [-0.2, -0.15) is 0 Å². The summed E-state index contributed by atoms with van der Waals surface area (Å²) in [6, 6.07) is -1.67. The first kappa shape index (κ1) is 32.8. The average molecular weight is 489 g/mol. The number of unbranched alkanes of at least 4 members (excludes halogenated alkanes) is 12. The van der Waals surface area contributed by atoms with Crippen LogP contribution in [0.2, 0.25) is 0 Å². The molecule has 0 aliphatic carbocycles. The lowest BCUT2D eigenvalue weighted by molar-refractivity contribution is -0.151. The molecule has 0 aromatic heterocycles. The van der Waals surface area contributed by atoms with Crippen molar-refractivity contribution >= 4 is 11.9 Å². The first-order valence-corrected chi connectivity index (χ1v) is 13.4. The largest absolute Gasteiger partial charge is 0.462 e. The smallest absolute Gasteiger partial charge is 0.328 e. The van der Waals surface area contributed by atoms with Crippen molar-refractivity contribution in [1.82, 2.24) is 5.32 Å². The van der Waals surface area contributed by atoms with Crippen molar-refractivity contribution in [2.75, 3.05) is 13.2 Å². The summed E-state index contributed by atoms with van der Waals surface area (Å²) in [7, 11) is 0. The van der Waals surface area contributed by atoms with Gasteiger partial charge in [0.15, 0.2) is 6.10 Å². The Kier molecular flexibility index (Phi) is 20.3. The molecule has 0 radical (unpaired) electrons. The lowest BCUT2D eigenvalue weighted by atomic mass is 10.0. The van der Waals surface area contributed by atoms with Gasteiger partial charge < -0.3 is 31.1 Å². The van der Waals surface area contributed by atoms with Crippen molar-refractivity contribution in [3.05, 3.63) is 0 Å². The van der Waals surface area contributed by atoms with Gasteiger partial charge in [-0.05, 0) is 12.3 Å². The second kappa shape index (κ2) is 21.1. The fourth-order valence-corrected chi connectivity index (χ4v) is 3.79. The monoisotopic (exact) mass is 488 g/mol. The minimum Gasteiger partial charge on any atom is -0.462 e. The van der Waals surface area contributed by atoms with Gasteiger partial charge in [-0.25, -0.2) is 4.79 Å². The third-order valence-electron chi connectivity index (χ3n) is 6.21. The zero-order valence-corrected chi connectivity index (χ0v) is 21.8. The Labute approximate surface area is 207 Å². The Hall–Kier alpha value is -1.22. The van der Waals surface area contributed by atoms with Crippen molar-refractivity contribution in [2.24, 2.45) is 11.7 Å². The highest BCUT2D eigenvalue weighted by atomic mass is 16.5. The number of esters is 1. The molecular formula is C26H52N2O6. The van der Waals surface area contributed by atoms with E-state index in [4.69, 9.17) is 15.6 Å². The van der Waals surface area contributed by atoms with E-state index in [0.29, 0.717) is 6.42 Å². The molecule has 34 heavy (non-hydrogen) atoms. The predicted octanol–water partition coefficient (Wildman–Crippen LogP) is 3.19. The van der Waals surface area contributed by atoms with Gasteiger partial charge >= 0.3 is 5.97 Å². The molecule has 0 fully saturated rings. The Morgan fingerprint density at radius 3 is 1.76 bits per heavy atom. The fourth-order valence-electron chi connectivity index (χ4n) is 3.79. The maximum atomic E-state index is 12.3. The van der Waals surface area contributed by atoms with E-state index in [1.54, 1.807) is 13.8 Å². The van der Waals surface area contributed by atoms with Crippen LogP contribution in [-0.2, 0) is 14.3 Å². The first-order valence-electron chi connectivity index (χ1n) is 13.4. The van der Waals surface area contributed by atoms with Crippen LogP contribution in [0.5, 0.6) is 0 Å². The van der Waals surface area contributed by atoms with Crippen LogP contribution in [0, 0.1) is 5.92 Å². The number of aliphatic hydroxyl groups excluding tert-OH is 3. The number of aliphatic hydroxyl groups is 3. The molecule has 0 spiro atoms. The van der Waals surface area contributed by atoms with Crippen molar-refractivity contribution in [3.8, 4) is 0 Å². The summed E-state index contributed by atoms with van der Waals surface area (Å²) in [6.45, 7) is 4.80. The summed E-state index contributed by atoms with van der Waals surface area (Å²) in [5.41, 5.74) is 5.97. The maximum Gasteiger partial charge on any atom is 0.328 e. The molecule has 1 amide bonds. The second-order valence-electron chi connectivity index (χ2n) is 9.82. The van der Waals surface area contributed by atoms with E-state index in [-0.39, 0.29) is 12.5 Å². The molecule has 202 valence electrons. The van der Waals surface area contributed by atoms with E-state index in [0.717, 1.165) is 19.3 Å². The van der Waals surface area contributed by atoms with Crippen LogP contribution in [0.3, 0.4) is 0 Å². The molecule has 0 saturated carbocycles. The summed E-state index contributed by atoms with van der Waals surface area (Å²) < 4.78 is 5.20. The molecule has 6 N–H and O–H groups in total. The maximum absolute atomic E-state index is 12.3. The number of hydrogen-bond acceptors (Lipinski definition) is 7. The van der Waals surface area contributed by atoms with Crippen molar-refractivity contribution < 1.29 is 29.6 Å². The SMILES string of the molecule is CCCCCCCCCCCCCCCC(O)C(N)COC(=O)C(NC(=O)C(O)CO)C(C)C. The molecule has 0 bridgehead atoms. The molecule has 8 nitrogen and oxygen atoms in total. The van der Waals surface area contributed by atoms with E-state index in [2.05, 4.69) is 12.2 Å². The Morgan fingerprint density at radius 2 is 1.32 bits per heavy atom. The normalized spacial score (nSPS) is 15.1. The molecule has 0 aliphatic rings. The number of nitrogens with one attached hydrogen (secondary N) is 1. The van der Waals surface area contributed by atoms with Crippen LogP contribution in [0.1, 0.15) is 111 Å². The number of carbonyl (C=O) groups excluding carboxylic acids is 2. The lowest BCUT2D eigenvalue weighted by Gasteiger charge is -2.24. The number of rotatable bonds is 22. The molecule has 4 unspecified atom stereocenters. The summed E-state index contributed by atoms with van der Waals surface area (Å²) in [5, 5.41) is 30.9. The van der Waals surface area contributed by atoms with E-state index < -0.39 is 42.8 Å². The molecule has 0 aliphatic heterocycles.